The minimum Gasteiger partial charge on any atom is -0.481 e. The quantitative estimate of drug-likeness (QED) is 0.483. The summed E-state index contributed by atoms with van der Waals surface area (Å²) in [5, 5.41) is 18.1. The zero-order valence-electron chi connectivity index (χ0n) is 17.1. The number of carboxylic acid groups (broad SMARTS) is 1. The Hall–Kier alpha value is -2.52. The number of hydrogen-bond acceptors (Lipinski definition) is 5. The van der Waals surface area contributed by atoms with E-state index in [1.807, 2.05) is 26.8 Å². The fraction of sp³-hybridized carbons (Fsp3) is 0.364. The molecule has 0 saturated heterocycles. The predicted molar refractivity (Wildman–Crippen MR) is 113 cm³/mol. The van der Waals surface area contributed by atoms with Crippen molar-refractivity contribution in [2.45, 2.75) is 39.2 Å². The molecule has 2 atom stereocenters. The summed E-state index contributed by atoms with van der Waals surface area (Å²) in [4.78, 5) is 15.1. The molecule has 160 valence electrons. The van der Waals surface area contributed by atoms with Crippen molar-refractivity contribution in [2.24, 2.45) is 0 Å². The van der Waals surface area contributed by atoms with Gasteiger partial charge in [-0.05, 0) is 36.6 Å². The normalized spacial score (nSPS) is 12.9. The van der Waals surface area contributed by atoms with Crippen molar-refractivity contribution in [3.05, 3.63) is 53.1 Å². The molecule has 0 aliphatic heterocycles. The Labute approximate surface area is 176 Å². The number of rotatable bonds is 8. The van der Waals surface area contributed by atoms with E-state index in [0.717, 1.165) is 22.5 Å². The number of hydrogen-bond donors (Lipinski definition) is 2. The van der Waals surface area contributed by atoms with Gasteiger partial charge in [0.15, 0.2) is 8.03 Å². The molecule has 2 rings (SSSR count). The molecule has 2 aromatic rings. The van der Waals surface area contributed by atoms with Crippen LogP contribution in [0.1, 0.15) is 43.1 Å². The second kappa shape index (κ2) is 11.0. The van der Waals surface area contributed by atoms with Crippen LogP contribution in [0.4, 0.5) is 4.39 Å². The summed E-state index contributed by atoms with van der Waals surface area (Å²) < 4.78 is 30.4. The molecule has 30 heavy (non-hydrogen) atoms. The lowest BCUT2D eigenvalue weighted by molar-refractivity contribution is -0.138. The van der Waals surface area contributed by atoms with E-state index in [4.69, 9.17) is 9.63 Å². The number of aliphatic hydroxyl groups excluding tert-OH is 1. The number of halogens is 1. The number of benzene rings is 1. The molecular formula is C22H25FNO5P. The van der Waals surface area contributed by atoms with Gasteiger partial charge < -0.3 is 14.7 Å². The largest absolute Gasteiger partial charge is 0.481 e. The molecule has 2 unspecified atom stereocenters. The summed E-state index contributed by atoms with van der Waals surface area (Å²) in [5.74, 6) is 4.46. The SMILES string of the molecule is Cc1cc(-c2ccc(F)cc2)c(C#CCO[PH](=O)CC(O)CC(=O)O)c(C(C)C)n1. The van der Waals surface area contributed by atoms with Crippen LogP contribution in [0.5, 0.6) is 0 Å². The fourth-order valence-corrected chi connectivity index (χ4v) is 3.75. The molecule has 0 spiro atoms. The van der Waals surface area contributed by atoms with Crippen molar-refractivity contribution in [2.75, 3.05) is 12.8 Å². The topological polar surface area (TPSA) is 96.7 Å². The van der Waals surface area contributed by atoms with Gasteiger partial charge in [-0.25, -0.2) is 4.39 Å². The van der Waals surface area contributed by atoms with E-state index < -0.39 is 26.5 Å². The van der Waals surface area contributed by atoms with Crippen molar-refractivity contribution in [3.63, 3.8) is 0 Å². The average molecular weight is 433 g/mol. The van der Waals surface area contributed by atoms with Crippen LogP contribution in [0.3, 0.4) is 0 Å². The van der Waals surface area contributed by atoms with Gasteiger partial charge in [0.2, 0.25) is 0 Å². The molecule has 1 heterocycles. The van der Waals surface area contributed by atoms with Crippen molar-refractivity contribution in [1.29, 1.82) is 0 Å². The third-order valence-electron chi connectivity index (χ3n) is 4.21. The Morgan fingerprint density at radius 2 is 1.97 bits per heavy atom. The number of aliphatic carboxylic acids is 1. The van der Waals surface area contributed by atoms with Gasteiger partial charge in [-0.2, -0.15) is 0 Å². The maximum Gasteiger partial charge on any atom is 0.305 e. The van der Waals surface area contributed by atoms with Gasteiger partial charge in [0.25, 0.3) is 0 Å². The van der Waals surface area contributed by atoms with Gasteiger partial charge in [-0.1, -0.05) is 37.8 Å². The molecule has 6 nitrogen and oxygen atoms in total. The number of aromatic nitrogens is 1. The van der Waals surface area contributed by atoms with Gasteiger partial charge in [0.1, 0.15) is 12.4 Å². The van der Waals surface area contributed by atoms with Crippen LogP contribution in [0, 0.1) is 24.6 Å². The van der Waals surface area contributed by atoms with Crippen LogP contribution in [0.15, 0.2) is 30.3 Å². The molecule has 0 saturated carbocycles. The molecule has 0 fully saturated rings. The van der Waals surface area contributed by atoms with Crippen molar-refractivity contribution >= 4 is 14.0 Å². The Morgan fingerprint density at radius 3 is 2.57 bits per heavy atom. The minimum absolute atomic E-state index is 0.0969. The van der Waals surface area contributed by atoms with Crippen LogP contribution >= 0.6 is 8.03 Å². The lowest BCUT2D eigenvalue weighted by Gasteiger charge is -2.14. The maximum atomic E-state index is 13.3. The van der Waals surface area contributed by atoms with E-state index in [-0.39, 0.29) is 24.5 Å². The van der Waals surface area contributed by atoms with Crippen LogP contribution in [-0.2, 0) is 13.9 Å². The molecular weight excluding hydrogens is 408 g/mol. The van der Waals surface area contributed by atoms with Crippen molar-refractivity contribution in [1.82, 2.24) is 4.98 Å². The highest BCUT2D eigenvalue weighted by molar-refractivity contribution is 7.39. The first-order chi connectivity index (χ1) is 14.2. The monoisotopic (exact) mass is 433 g/mol. The Balaban J connectivity index is 2.23. The standard InChI is InChI=1S/C22H25FNO5P/c1-14(2)22-19(5-4-10-29-30(28)13-18(25)12-21(26)27)20(11-15(3)24-22)16-6-8-17(23)9-7-16/h6-9,11,14,18,25,30H,10,12-13H2,1-3H3,(H,26,27). The summed E-state index contributed by atoms with van der Waals surface area (Å²) >= 11 is 0. The molecule has 2 N–H and O–H groups in total. The van der Waals surface area contributed by atoms with Crippen LogP contribution in [0.25, 0.3) is 11.1 Å². The molecule has 0 amide bonds. The zero-order valence-corrected chi connectivity index (χ0v) is 18.1. The Kier molecular flexibility index (Phi) is 8.73. The maximum absolute atomic E-state index is 13.3. The van der Waals surface area contributed by atoms with E-state index >= 15 is 0 Å². The molecule has 0 bridgehead atoms. The number of carboxylic acids is 1. The second-order valence-electron chi connectivity index (χ2n) is 7.15. The number of nitrogens with zero attached hydrogens (tertiary/aromatic N) is 1. The molecule has 0 radical (unpaired) electrons. The lowest BCUT2D eigenvalue weighted by Crippen LogP contribution is -2.15. The molecule has 1 aromatic heterocycles. The number of carbonyl (C=O) groups is 1. The fourth-order valence-electron chi connectivity index (χ4n) is 2.87. The molecule has 8 heteroatoms. The van der Waals surface area contributed by atoms with Gasteiger partial charge in [0.05, 0.1) is 23.8 Å². The first kappa shape index (κ1) is 23.8. The number of pyridine rings is 1. The van der Waals surface area contributed by atoms with Gasteiger partial charge >= 0.3 is 5.97 Å². The third kappa shape index (κ3) is 7.07. The van der Waals surface area contributed by atoms with E-state index in [0.29, 0.717) is 5.56 Å². The molecule has 0 aliphatic carbocycles. The molecule has 1 aromatic carbocycles. The van der Waals surface area contributed by atoms with Gasteiger partial charge in [-0.3, -0.25) is 14.3 Å². The van der Waals surface area contributed by atoms with Crippen LogP contribution < -0.4 is 0 Å². The Morgan fingerprint density at radius 1 is 1.30 bits per heavy atom. The smallest absolute Gasteiger partial charge is 0.305 e. The highest BCUT2D eigenvalue weighted by Crippen LogP contribution is 2.30. The van der Waals surface area contributed by atoms with Gasteiger partial charge in [0, 0.05) is 17.4 Å². The summed E-state index contributed by atoms with van der Waals surface area (Å²) in [7, 11) is -2.61. The van der Waals surface area contributed by atoms with Crippen molar-refractivity contribution < 1.29 is 28.5 Å². The van der Waals surface area contributed by atoms with E-state index in [2.05, 4.69) is 16.8 Å². The third-order valence-corrected chi connectivity index (χ3v) is 5.48. The summed E-state index contributed by atoms with van der Waals surface area (Å²) in [6, 6.07) is 8.01. The first-order valence-electron chi connectivity index (χ1n) is 9.49. The van der Waals surface area contributed by atoms with Crippen LogP contribution in [0.2, 0.25) is 0 Å². The van der Waals surface area contributed by atoms with E-state index in [1.54, 1.807) is 12.1 Å². The summed E-state index contributed by atoms with van der Waals surface area (Å²) in [5.41, 5.74) is 3.93. The van der Waals surface area contributed by atoms with E-state index in [1.165, 1.54) is 12.1 Å². The average Bonchev–Trinajstić information content (AvgIpc) is 2.65. The lowest BCUT2D eigenvalue weighted by atomic mass is 9.94. The highest BCUT2D eigenvalue weighted by Gasteiger charge is 2.15. The van der Waals surface area contributed by atoms with E-state index in [9.17, 15) is 18.9 Å². The summed E-state index contributed by atoms with van der Waals surface area (Å²) in [6.07, 6.45) is -1.94. The second-order valence-corrected chi connectivity index (χ2v) is 8.59. The minimum atomic E-state index is -2.61. The van der Waals surface area contributed by atoms with Crippen molar-refractivity contribution in [3.8, 4) is 23.0 Å². The zero-order chi connectivity index (χ0) is 22.3. The summed E-state index contributed by atoms with van der Waals surface area (Å²) in [6.45, 7) is 5.75. The Bertz CT molecular complexity index is 980. The molecule has 0 aliphatic rings. The van der Waals surface area contributed by atoms with Crippen LogP contribution in [-0.4, -0.2) is 40.0 Å². The first-order valence-corrected chi connectivity index (χ1v) is 11.0. The highest BCUT2D eigenvalue weighted by atomic mass is 31.1. The number of aliphatic hydroxyl groups is 1. The predicted octanol–water partition coefficient (Wildman–Crippen LogP) is 4.00. The van der Waals surface area contributed by atoms with Gasteiger partial charge in [-0.15, -0.1) is 0 Å². The number of aryl methyl sites for hydroxylation is 1.